The van der Waals surface area contributed by atoms with Crippen LogP contribution in [0, 0.1) is 0 Å². The molecule has 10 nitrogen and oxygen atoms in total. The van der Waals surface area contributed by atoms with Gasteiger partial charge in [-0.15, -0.1) is 0 Å². The summed E-state index contributed by atoms with van der Waals surface area (Å²) in [6.45, 7) is 5.49. The molecule has 2 rings (SSSR count). The number of hydrogen-bond donors (Lipinski definition) is 6. The van der Waals surface area contributed by atoms with Crippen LogP contribution in [0.5, 0.6) is 0 Å². The number of aliphatic hydroxyl groups excluding tert-OH is 2. The van der Waals surface area contributed by atoms with Crippen molar-refractivity contribution < 1.29 is 29.2 Å². The summed E-state index contributed by atoms with van der Waals surface area (Å²) in [7, 11) is 0. The summed E-state index contributed by atoms with van der Waals surface area (Å²) in [5, 5.41) is 21.9. The van der Waals surface area contributed by atoms with E-state index >= 15 is 0 Å². The Morgan fingerprint density at radius 1 is 0.684 bits per heavy atom. The van der Waals surface area contributed by atoms with Gasteiger partial charge in [0, 0.05) is 31.8 Å². The lowest BCUT2D eigenvalue weighted by atomic mass is 9.84. The molecule has 1 aliphatic carbocycles. The highest BCUT2D eigenvalue weighted by Crippen LogP contribution is 2.29. The predicted molar refractivity (Wildman–Crippen MR) is 149 cm³/mol. The Hall–Kier alpha value is -0.400. The van der Waals surface area contributed by atoms with Gasteiger partial charge in [0.25, 0.3) is 0 Å². The maximum absolute atomic E-state index is 11.2. The molecule has 1 saturated heterocycles. The summed E-state index contributed by atoms with van der Waals surface area (Å²) in [6.07, 6.45) is 8.40. The van der Waals surface area contributed by atoms with Gasteiger partial charge in [0.15, 0.2) is 6.29 Å². The number of hydrogen-bond acceptors (Lipinski definition) is 10. The molecular formula is C28H58N4O6. The van der Waals surface area contributed by atoms with Crippen LogP contribution in [-0.2, 0) is 18.9 Å². The van der Waals surface area contributed by atoms with E-state index in [1.165, 1.54) is 51.4 Å². The first-order valence-electron chi connectivity index (χ1n) is 15.2. The zero-order chi connectivity index (χ0) is 27.9. The smallest absolute Gasteiger partial charge is 0.176 e. The van der Waals surface area contributed by atoms with Crippen molar-refractivity contribution in [3.05, 3.63) is 0 Å². The van der Waals surface area contributed by atoms with E-state index in [0.29, 0.717) is 19.6 Å². The molecule has 1 saturated carbocycles. The molecule has 0 aromatic carbocycles. The number of aliphatic hydroxyl groups is 2. The Morgan fingerprint density at radius 3 is 1.74 bits per heavy atom. The van der Waals surface area contributed by atoms with Gasteiger partial charge >= 0.3 is 0 Å². The third-order valence-electron chi connectivity index (χ3n) is 7.92. The Labute approximate surface area is 230 Å². The molecule has 0 aromatic heterocycles. The summed E-state index contributed by atoms with van der Waals surface area (Å²) in [5.74, 6) is 0. The maximum atomic E-state index is 11.2. The van der Waals surface area contributed by atoms with Crippen LogP contribution in [0.25, 0.3) is 0 Å². The maximum Gasteiger partial charge on any atom is 0.176 e. The van der Waals surface area contributed by atoms with Crippen molar-refractivity contribution >= 4 is 0 Å². The van der Waals surface area contributed by atoms with Crippen molar-refractivity contribution in [2.24, 2.45) is 22.9 Å². The second-order valence-electron chi connectivity index (χ2n) is 11.2. The molecule has 1 heterocycles. The Bertz CT molecular complexity index is 606. The SMILES string of the molecule is CCCCCCCCO[C@@H]1[C@@H](N)[C@@H](O[C@H]2[C@H](O)[C@@H](OCCCCCCCC)[C@H](N)C[C@@H]2N)O[C@H](CN)[C@H]1O. The first-order chi connectivity index (χ1) is 18.3. The van der Waals surface area contributed by atoms with Gasteiger partial charge in [0.1, 0.15) is 36.6 Å². The van der Waals surface area contributed by atoms with Crippen LogP contribution in [0.4, 0.5) is 0 Å². The molecule has 1 aliphatic heterocycles. The van der Waals surface area contributed by atoms with Gasteiger partial charge in [-0.1, -0.05) is 78.1 Å². The largest absolute Gasteiger partial charge is 0.388 e. The Morgan fingerprint density at radius 2 is 1.18 bits per heavy atom. The molecule has 2 aliphatic rings. The molecule has 0 radical (unpaired) electrons. The average molecular weight is 547 g/mol. The van der Waals surface area contributed by atoms with Crippen LogP contribution < -0.4 is 22.9 Å². The van der Waals surface area contributed by atoms with Gasteiger partial charge < -0.3 is 52.1 Å². The molecular weight excluding hydrogens is 488 g/mol. The van der Waals surface area contributed by atoms with Crippen molar-refractivity contribution in [2.45, 2.75) is 158 Å². The van der Waals surface area contributed by atoms with Crippen LogP contribution in [0.3, 0.4) is 0 Å². The van der Waals surface area contributed by atoms with Crippen molar-refractivity contribution in [1.82, 2.24) is 0 Å². The zero-order valence-corrected chi connectivity index (χ0v) is 23.9. The molecule has 38 heavy (non-hydrogen) atoms. The van der Waals surface area contributed by atoms with Crippen molar-refractivity contribution in [3.63, 3.8) is 0 Å². The lowest BCUT2D eigenvalue weighted by molar-refractivity contribution is -0.294. The van der Waals surface area contributed by atoms with Crippen molar-refractivity contribution in [1.29, 1.82) is 0 Å². The molecule has 226 valence electrons. The van der Waals surface area contributed by atoms with Gasteiger partial charge in [-0.25, -0.2) is 0 Å². The molecule has 0 unspecified atom stereocenters. The van der Waals surface area contributed by atoms with Gasteiger partial charge in [-0.2, -0.15) is 0 Å². The molecule has 0 bridgehead atoms. The third-order valence-corrected chi connectivity index (χ3v) is 7.92. The number of unbranched alkanes of at least 4 members (excludes halogenated alkanes) is 10. The lowest BCUT2D eigenvalue weighted by Crippen LogP contribution is -2.68. The topological polar surface area (TPSA) is 181 Å². The fourth-order valence-electron chi connectivity index (χ4n) is 5.50. The van der Waals surface area contributed by atoms with Crippen LogP contribution in [0.1, 0.15) is 97.3 Å². The van der Waals surface area contributed by atoms with Gasteiger partial charge in [0.2, 0.25) is 0 Å². The predicted octanol–water partition coefficient (Wildman–Crippen LogP) is 1.65. The molecule has 0 aromatic rings. The fraction of sp³-hybridized carbons (Fsp3) is 1.00. The Kier molecular flexibility index (Phi) is 16.8. The molecule has 10 heteroatoms. The number of ether oxygens (including phenoxy) is 4. The van der Waals surface area contributed by atoms with Crippen LogP contribution in [0.15, 0.2) is 0 Å². The molecule has 10 atom stereocenters. The van der Waals surface area contributed by atoms with E-state index in [1.54, 1.807) is 0 Å². The van der Waals surface area contributed by atoms with Crippen LogP contribution in [-0.4, -0.2) is 91.0 Å². The van der Waals surface area contributed by atoms with Gasteiger partial charge in [-0.3, -0.25) is 0 Å². The van der Waals surface area contributed by atoms with E-state index < -0.39 is 61.0 Å². The number of rotatable bonds is 19. The minimum atomic E-state index is -1.03. The number of nitrogens with two attached hydrogens (primary N) is 4. The van der Waals surface area contributed by atoms with E-state index in [0.717, 1.165) is 25.7 Å². The quantitative estimate of drug-likeness (QED) is 0.130. The molecule has 0 amide bonds. The molecule has 0 spiro atoms. The standard InChI is InChI=1S/C28H58N4O6/c1-3-5-7-9-11-13-15-35-25-19(30)17-20(31)26(24(25)34)38-28-22(32)27(23(33)21(18-29)37-28)36-16-14-12-10-8-6-4-2/h19-28,33-34H,3-18,29-32H2,1-2H3/t19-,20+,21-,22-,23-,24-,25+,26-,27-,28-/m1/s1. The molecule has 10 N–H and O–H groups in total. The summed E-state index contributed by atoms with van der Waals surface area (Å²) in [5.41, 5.74) is 25.0. The lowest BCUT2D eigenvalue weighted by Gasteiger charge is -2.47. The molecule has 2 fully saturated rings. The monoisotopic (exact) mass is 546 g/mol. The highest BCUT2D eigenvalue weighted by Gasteiger charge is 2.49. The van der Waals surface area contributed by atoms with Crippen molar-refractivity contribution in [3.8, 4) is 0 Å². The summed E-state index contributed by atoms with van der Waals surface area (Å²) >= 11 is 0. The zero-order valence-electron chi connectivity index (χ0n) is 23.9. The van der Waals surface area contributed by atoms with E-state index in [9.17, 15) is 10.2 Å². The average Bonchev–Trinajstić information content (AvgIpc) is 2.89. The fourth-order valence-corrected chi connectivity index (χ4v) is 5.50. The summed E-state index contributed by atoms with van der Waals surface area (Å²) in [6, 6.07) is -1.69. The van der Waals surface area contributed by atoms with Gasteiger partial charge in [-0.05, 0) is 19.3 Å². The van der Waals surface area contributed by atoms with Crippen LogP contribution >= 0.6 is 0 Å². The first kappa shape index (κ1) is 33.8. The van der Waals surface area contributed by atoms with E-state index in [-0.39, 0.29) is 6.54 Å². The summed E-state index contributed by atoms with van der Waals surface area (Å²) in [4.78, 5) is 0. The van der Waals surface area contributed by atoms with Gasteiger partial charge in [0.05, 0.1) is 6.04 Å². The van der Waals surface area contributed by atoms with E-state index in [4.69, 9.17) is 41.9 Å². The second kappa shape index (κ2) is 18.9. The second-order valence-corrected chi connectivity index (χ2v) is 11.2. The minimum Gasteiger partial charge on any atom is -0.388 e. The normalized spacial score (nSPS) is 36.0. The van der Waals surface area contributed by atoms with E-state index in [2.05, 4.69) is 13.8 Å². The van der Waals surface area contributed by atoms with Crippen LogP contribution in [0.2, 0.25) is 0 Å². The summed E-state index contributed by atoms with van der Waals surface area (Å²) < 4.78 is 24.2. The third kappa shape index (κ3) is 10.5. The minimum absolute atomic E-state index is 0.0821. The highest BCUT2D eigenvalue weighted by atomic mass is 16.7. The van der Waals surface area contributed by atoms with Crippen molar-refractivity contribution in [2.75, 3.05) is 19.8 Å². The first-order valence-corrected chi connectivity index (χ1v) is 15.2. The Balaban J connectivity index is 1.91. The highest BCUT2D eigenvalue weighted by molar-refractivity contribution is 5.00. The van der Waals surface area contributed by atoms with E-state index in [1.807, 2.05) is 0 Å².